The first-order valence-corrected chi connectivity index (χ1v) is 10.6. The molecular formula is C19H27N3O3S. The van der Waals surface area contributed by atoms with Crippen LogP contribution >= 0.6 is 0 Å². The van der Waals surface area contributed by atoms with Crippen molar-refractivity contribution in [3.63, 3.8) is 0 Å². The van der Waals surface area contributed by atoms with Crippen LogP contribution in [0.2, 0.25) is 0 Å². The van der Waals surface area contributed by atoms with Crippen LogP contribution in [0.15, 0.2) is 40.1 Å². The zero-order chi connectivity index (χ0) is 18.8. The number of sulfonamides is 1. The van der Waals surface area contributed by atoms with E-state index in [0.29, 0.717) is 12.5 Å². The molecule has 0 bridgehead atoms. The van der Waals surface area contributed by atoms with Crippen LogP contribution in [0.25, 0.3) is 0 Å². The van der Waals surface area contributed by atoms with Crippen LogP contribution in [0, 0.1) is 5.41 Å². The van der Waals surface area contributed by atoms with E-state index in [1.54, 1.807) is 0 Å². The molecule has 0 saturated carbocycles. The number of nitrogens with zero attached hydrogens (tertiary/aromatic N) is 1. The fourth-order valence-electron chi connectivity index (χ4n) is 3.79. The third-order valence-electron chi connectivity index (χ3n) is 5.05. The summed E-state index contributed by atoms with van der Waals surface area (Å²) < 4.78 is 32.0. The number of hydrogen-bond donors (Lipinski definition) is 2. The van der Waals surface area contributed by atoms with Crippen molar-refractivity contribution < 1.29 is 12.9 Å². The minimum Gasteiger partial charge on any atom is -0.385 e. The molecule has 3 rings (SSSR count). The minimum atomic E-state index is -3.63. The molecule has 0 saturated heterocycles. The molecule has 2 aromatic rings. The van der Waals surface area contributed by atoms with Gasteiger partial charge in [0.05, 0.1) is 0 Å². The van der Waals surface area contributed by atoms with Crippen molar-refractivity contribution in [2.24, 2.45) is 5.41 Å². The Morgan fingerprint density at radius 1 is 1.35 bits per heavy atom. The van der Waals surface area contributed by atoms with E-state index in [9.17, 15) is 8.42 Å². The van der Waals surface area contributed by atoms with Gasteiger partial charge in [-0.3, -0.25) is 0 Å². The summed E-state index contributed by atoms with van der Waals surface area (Å²) in [5.41, 5.74) is 3.69. The SMILES string of the molecule is CCCNc1ccc2c(c1)[C@H](C)C[C@@](C)(CNS(=O)(=O)c1ccon1)C2. The van der Waals surface area contributed by atoms with E-state index in [1.165, 1.54) is 23.5 Å². The average Bonchev–Trinajstić information content (AvgIpc) is 3.14. The van der Waals surface area contributed by atoms with Crippen molar-refractivity contribution in [1.29, 1.82) is 0 Å². The Balaban J connectivity index is 1.73. The summed E-state index contributed by atoms with van der Waals surface area (Å²) in [6.07, 6.45) is 4.14. The van der Waals surface area contributed by atoms with Crippen LogP contribution in [0.3, 0.4) is 0 Å². The molecule has 0 amide bonds. The van der Waals surface area contributed by atoms with E-state index in [2.05, 4.69) is 58.7 Å². The van der Waals surface area contributed by atoms with E-state index in [-0.39, 0.29) is 10.4 Å². The summed E-state index contributed by atoms with van der Waals surface area (Å²) in [4.78, 5) is 0. The molecule has 0 unspecified atom stereocenters. The molecule has 0 spiro atoms. The van der Waals surface area contributed by atoms with Gasteiger partial charge < -0.3 is 9.84 Å². The highest BCUT2D eigenvalue weighted by molar-refractivity contribution is 7.89. The largest absolute Gasteiger partial charge is 0.385 e. The number of benzene rings is 1. The number of anilines is 1. The Bertz CT molecular complexity index is 849. The summed E-state index contributed by atoms with van der Waals surface area (Å²) >= 11 is 0. The summed E-state index contributed by atoms with van der Waals surface area (Å²) in [6.45, 7) is 7.85. The van der Waals surface area contributed by atoms with Crippen molar-refractivity contribution in [2.45, 2.75) is 51.0 Å². The van der Waals surface area contributed by atoms with Crippen molar-refractivity contribution in [3.8, 4) is 0 Å². The van der Waals surface area contributed by atoms with Crippen molar-refractivity contribution >= 4 is 15.7 Å². The second-order valence-corrected chi connectivity index (χ2v) is 9.31. The van der Waals surface area contributed by atoms with Crippen molar-refractivity contribution in [2.75, 3.05) is 18.4 Å². The maximum Gasteiger partial charge on any atom is 0.261 e. The van der Waals surface area contributed by atoms with Gasteiger partial charge in [-0.05, 0) is 53.9 Å². The number of nitrogens with one attached hydrogen (secondary N) is 2. The van der Waals surface area contributed by atoms with Crippen LogP contribution < -0.4 is 10.0 Å². The highest BCUT2D eigenvalue weighted by Crippen LogP contribution is 2.42. The van der Waals surface area contributed by atoms with Gasteiger partial charge >= 0.3 is 0 Å². The molecule has 26 heavy (non-hydrogen) atoms. The highest BCUT2D eigenvalue weighted by atomic mass is 32.2. The molecule has 142 valence electrons. The Hall–Kier alpha value is -1.86. The predicted octanol–water partition coefficient (Wildman–Crippen LogP) is 3.53. The zero-order valence-electron chi connectivity index (χ0n) is 15.6. The van der Waals surface area contributed by atoms with E-state index >= 15 is 0 Å². The molecule has 1 aromatic heterocycles. The Morgan fingerprint density at radius 3 is 2.85 bits per heavy atom. The van der Waals surface area contributed by atoms with E-state index < -0.39 is 10.0 Å². The van der Waals surface area contributed by atoms with Crippen molar-refractivity contribution in [1.82, 2.24) is 9.88 Å². The lowest BCUT2D eigenvalue weighted by molar-refractivity contribution is 0.257. The number of rotatable bonds is 7. The van der Waals surface area contributed by atoms with Gasteiger partial charge in [0.15, 0.2) is 0 Å². The Labute approximate surface area is 155 Å². The summed E-state index contributed by atoms with van der Waals surface area (Å²) in [6, 6.07) is 7.89. The fourth-order valence-corrected chi connectivity index (χ4v) is 4.86. The topological polar surface area (TPSA) is 84.2 Å². The fraction of sp³-hybridized carbons (Fsp3) is 0.526. The van der Waals surface area contributed by atoms with Crippen LogP contribution in [-0.2, 0) is 16.4 Å². The lowest BCUT2D eigenvalue weighted by atomic mass is 9.68. The van der Waals surface area contributed by atoms with Gasteiger partial charge in [0.1, 0.15) is 6.26 Å². The minimum absolute atomic E-state index is 0.0722. The predicted molar refractivity (Wildman–Crippen MR) is 102 cm³/mol. The first-order chi connectivity index (χ1) is 12.3. The second-order valence-electron chi connectivity index (χ2n) is 7.60. The molecule has 1 heterocycles. The Morgan fingerprint density at radius 2 is 2.15 bits per heavy atom. The molecule has 0 fully saturated rings. The highest BCUT2D eigenvalue weighted by Gasteiger charge is 2.35. The van der Waals surface area contributed by atoms with Gasteiger partial charge in [-0.2, -0.15) is 0 Å². The Kier molecular flexibility index (Phi) is 5.39. The van der Waals surface area contributed by atoms with Gasteiger partial charge in [-0.1, -0.05) is 32.0 Å². The lowest BCUT2D eigenvalue weighted by Crippen LogP contribution is -2.40. The monoisotopic (exact) mass is 377 g/mol. The van der Waals surface area contributed by atoms with E-state index in [0.717, 1.165) is 31.5 Å². The normalized spacial score (nSPS) is 22.8. The second kappa shape index (κ2) is 7.40. The molecule has 2 atom stereocenters. The van der Waals surface area contributed by atoms with E-state index in [4.69, 9.17) is 0 Å². The lowest BCUT2D eigenvalue weighted by Gasteiger charge is -2.38. The number of hydrogen-bond acceptors (Lipinski definition) is 5. The van der Waals surface area contributed by atoms with Crippen LogP contribution in [0.1, 0.15) is 50.7 Å². The first kappa shape index (κ1) is 18.9. The maximum absolute atomic E-state index is 12.3. The maximum atomic E-state index is 12.3. The molecule has 1 aromatic carbocycles. The standard InChI is InChI=1S/C19H27N3O3S/c1-4-8-20-16-6-5-15-12-19(3,11-14(2)17(15)10-16)13-21-26(23,24)18-7-9-25-22-18/h5-7,9-10,14,20-21H,4,8,11-13H2,1-3H3/t14-,19-/m1/s1. The third-order valence-corrected chi connectivity index (χ3v) is 6.34. The molecule has 2 N–H and O–H groups in total. The molecular weight excluding hydrogens is 350 g/mol. The molecule has 1 aliphatic rings. The van der Waals surface area contributed by atoms with Gasteiger partial charge in [-0.25, -0.2) is 13.1 Å². The quantitative estimate of drug-likeness (QED) is 0.771. The first-order valence-electron chi connectivity index (χ1n) is 9.10. The summed E-state index contributed by atoms with van der Waals surface area (Å²) in [5, 5.41) is 6.89. The number of fused-ring (bicyclic) bond motifs is 1. The third kappa shape index (κ3) is 4.10. The zero-order valence-corrected chi connectivity index (χ0v) is 16.4. The molecule has 0 aliphatic heterocycles. The molecule has 1 aliphatic carbocycles. The smallest absolute Gasteiger partial charge is 0.261 e. The van der Waals surface area contributed by atoms with Crippen molar-refractivity contribution in [3.05, 3.63) is 41.7 Å². The van der Waals surface area contributed by atoms with Gasteiger partial charge in [0.2, 0.25) is 5.03 Å². The van der Waals surface area contributed by atoms with Gasteiger partial charge in [0.25, 0.3) is 10.0 Å². The molecule has 6 nitrogen and oxygen atoms in total. The van der Waals surface area contributed by atoms with Crippen LogP contribution in [0.5, 0.6) is 0 Å². The number of aromatic nitrogens is 1. The summed E-state index contributed by atoms with van der Waals surface area (Å²) in [5.74, 6) is 0.378. The summed E-state index contributed by atoms with van der Waals surface area (Å²) in [7, 11) is -3.63. The van der Waals surface area contributed by atoms with E-state index in [1.807, 2.05) is 0 Å². The van der Waals surface area contributed by atoms with Crippen LogP contribution in [0.4, 0.5) is 5.69 Å². The van der Waals surface area contributed by atoms with Gasteiger partial charge in [-0.15, -0.1) is 0 Å². The van der Waals surface area contributed by atoms with Gasteiger partial charge in [0, 0.05) is 24.8 Å². The molecule has 7 heteroatoms. The average molecular weight is 378 g/mol. The molecule has 0 radical (unpaired) electrons. The van der Waals surface area contributed by atoms with Crippen LogP contribution in [-0.4, -0.2) is 26.7 Å².